The fourth-order valence-corrected chi connectivity index (χ4v) is 4.59. The van der Waals surface area contributed by atoms with Crippen LogP contribution in [0.3, 0.4) is 0 Å². The number of Topliss-reactive ketones (excluding diaryl/α,β-unsaturated/α-hetero) is 1. The van der Waals surface area contributed by atoms with Gasteiger partial charge in [-0.05, 0) is 18.6 Å². The van der Waals surface area contributed by atoms with E-state index in [0.29, 0.717) is 41.1 Å². The fraction of sp³-hybridized carbons (Fsp3) is 0.200. The summed E-state index contributed by atoms with van der Waals surface area (Å²) in [5.74, 6) is -0.471. The number of aliphatic hydroxyl groups is 1. The maximum absolute atomic E-state index is 13.5. The average Bonchev–Trinajstić information content (AvgIpc) is 3.64. The van der Waals surface area contributed by atoms with Gasteiger partial charge in [0.25, 0.3) is 11.7 Å². The topological polar surface area (TPSA) is 165 Å². The van der Waals surface area contributed by atoms with Gasteiger partial charge in [-0.1, -0.05) is 6.07 Å². The number of hydrogen-bond donors (Lipinski definition) is 2. The van der Waals surface area contributed by atoms with E-state index in [1.807, 2.05) is 18.2 Å². The molecule has 0 saturated carbocycles. The number of H-pyrrole nitrogens is 1. The van der Waals surface area contributed by atoms with E-state index in [9.17, 15) is 14.7 Å². The summed E-state index contributed by atoms with van der Waals surface area (Å²) in [4.78, 5) is 52.9. The maximum atomic E-state index is 13.5. The molecular formula is C25H21N9O4. The van der Waals surface area contributed by atoms with Crippen LogP contribution in [-0.4, -0.2) is 75.0 Å². The standard InChI is InChI=1S/C25H21N9O4/c1-38-18-9-28-24(34-13-31-19(11-35)32-34)22-20(18)15(8-27-22)23(36)25(37)33-7-5-14-17(10-33)29-12-30-21(14)16-4-2-3-6-26-16/h2-4,6,8-9,12-13,27,35H,5,7,10-11H2,1H3. The van der Waals surface area contributed by atoms with E-state index >= 15 is 0 Å². The Balaban J connectivity index is 1.32. The summed E-state index contributed by atoms with van der Waals surface area (Å²) in [6, 6.07) is 5.60. The molecule has 13 nitrogen and oxygen atoms in total. The van der Waals surface area contributed by atoms with Crippen LogP contribution in [0.15, 0.2) is 49.4 Å². The molecule has 0 atom stereocenters. The van der Waals surface area contributed by atoms with Gasteiger partial charge in [0, 0.05) is 24.5 Å². The van der Waals surface area contributed by atoms with Crippen molar-refractivity contribution in [2.45, 2.75) is 19.6 Å². The molecule has 5 aromatic heterocycles. The summed E-state index contributed by atoms with van der Waals surface area (Å²) >= 11 is 0. The second kappa shape index (κ2) is 9.44. The zero-order valence-electron chi connectivity index (χ0n) is 20.2. The van der Waals surface area contributed by atoms with Gasteiger partial charge < -0.3 is 19.7 Å². The Kier molecular flexibility index (Phi) is 5.81. The van der Waals surface area contributed by atoms with Crippen molar-refractivity contribution in [1.82, 2.24) is 44.6 Å². The smallest absolute Gasteiger partial charge is 0.295 e. The van der Waals surface area contributed by atoms with Gasteiger partial charge >= 0.3 is 0 Å². The predicted octanol–water partition coefficient (Wildman–Crippen LogP) is 1.26. The van der Waals surface area contributed by atoms with Crippen molar-refractivity contribution >= 4 is 22.6 Å². The molecule has 0 unspecified atom stereocenters. The molecule has 6 heterocycles. The van der Waals surface area contributed by atoms with Crippen molar-refractivity contribution < 1.29 is 19.4 Å². The second-order valence-corrected chi connectivity index (χ2v) is 8.53. The molecule has 0 aliphatic carbocycles. The first kappa shape index (κ1) is 23.4. The minimum atomic E-state index is -0.691. The number of carbonyl (C=O) groups excluding carboxylic acids is 2. The Morgan fingerprint density at radius 2 is 2.05 bits per heavy atom. The zero-order chi connectivity index (χ0) is 26.2. The SMILES string of the molecule is COc1cnc(-n2cnc(CO)n2)c2[nH]cc(C(=O)C(=O)N3CCc4c(ncnc4-c4ccccn4)C3)c12. The summed E-state index contributed by atoms with van der Waals surface area (Å²) in [5, 5.41) is 13.9. The lowest BCUT2D eigenvalue weighted by molar-refractivity contribution is -0.127. The molecular weight excluding hydrogens is 490 g/mol. The number of rotatable bonds is 6. The van der Waals surface area contributed by atoms with E-state index in [2.05, 4.69) is 35.0 Å². The highest BCUT2D eigenvalue weighted by molar-refractivity contribution is 6.45. The van der Waals surface area contributed by atoms with Gasteiger partial charge in [-0.2, -0.15) is 0 Å². The summed E-state index contributed by atoms with van der Waals surface area (Å²) in [5.41, 5.74) is 3.65. The van der Waals surface area contributed by atoms with Crippen molar-refractivity contribution in [1.29, 1.82) is 0 Å². The molecule has 0 bridgehead atoms. The molecule has 0 aromatic carbocycles. The monoisotopic (exact) mass is 511 g/mol. The third-order valence-corrected chi connectivity index (χ3v) is 6.41. The number of aliphatic hydroxyl groups excluding tert-OH is 1. The van der Waals surface area contributed by atoms with Crippen molar-refractivity contribution in [3.05, 3.63) is 72.1 Å². The van der Waals surface area contributed by atoms with Crippen LogP contribution in [0.4, 0.5) is 0 Å². The number of pyridine rings is 2. The van der Waals surface area contributed by atoms with Gasteiger partial charge in [-0.25, -0.2) is 24.6 Å². The first-order valence-corrected chi connectivity index (χ1v) is 11.7. The largest absolute Gasteiger partial charge is 0.494 e. The molecule has 1 aliphatic heterocycles. The molecule has 190 valence electrons. The predicted molar refractivity (Wildman–Crippen MR) is 132 cm³/mol. The highest BCUT2D eigenvalue weighted by Crippen LogP contribution is 2.32. The second-order valence-electron chi connectivity index (χ2n) is 8.53. The number of nitrogens with zero attached hydrogens (tertiary/aromatic N) is 8. The van der Waals surface area contributed by atoms with Gasteiger partial charge in [0.2, 0.25) is 0 Å². The van der Waals surface area contributed by atoms with Crippen LogP contribution in [0.5, 0.6) is 5.75 Å². The lowest BCUT2D eigenvalue weighted by Gasteiger charge is -2.28. The third kappa shape index (κ3) is 3.85. The van der Waals surface area contributed by atoms with Gasteiger partial charge in [-0.3, -0.25) is 14.6 Å². The number of ketones is 1. The van der Waals surface area contributed by atoms with Crippen LogP contribution in [0.1, 0.15) is 27.4 Å². The molecule has 0 saturated heterocycles. The number of hydrogen-bond acceptors (Lipinski definition) is 10. The van der Waals surface area contributed by atoms with Crippen molar-refractivity contribution in [3.63, 3.8) is 0 Å². The van der Waals surface area contributed by atoms with Crippen molar-refractivity contribution in [3.8, 4) is 23.0 Å². The van der Waals surface area contributed by atoms with E-state index in [-0.39, 0.29) is 24.5 Å². The molecule has 5 aromatic rings. The summed E-state index contributed by atoms with van der Waals surface area (Å²) in [6.07, 6.45) is 7.95. The molecule has 1 amide bonds. The molecule has 0 radical (unpaired) electrons. The first-order chi connectivity index (χ1) is 18.6. The lowest BCUT2D eigenvalue weighted by atomic mass is 10.00. The zero-order valence-corrected chi connectivity index (χ0v) is 20.2. The van der Waals surface area contributed by atoms with E-state index < -0.39 is 11.7 Å². The van der Waals surface area contributed by atoms with E-state index in [1.54, 1.807) is 6.20 Å². The number of fused-ring (bicyclic) bond motifs is 2. The number of aromatic nitrogens is 8. The Labute approximate surface area is 215 Å². The first-order valence-electron chi connectivity index (χ1n) is 11.7. The number of nitrogens with one attached hydrogen (secondary N) is 1. The number of carbonyl (C=O) groups is 2. The number of aromatic amines is 1. The molecule has 6 rings (SSSR count). The van der Waals surface area contributed by atoms with Gasteiger partial charge in [0.05, 0.1) is 53.4 Å². The van der Waals surface area contributed by atoms with Crippen LogP contribution < -0.4 is 4.74 Å². The van der Waals surface area contributed by atoms with Crippen molar-refractivity contribution in [2.24, 2.45) is 0 Å². The van der Waals surface area contributed by atoms with Crippen LogP contribution in [0, 0.1) is 0 Å². The molecule has 13 heteroatoms. The molecule has 2 N–H and O–H groups in total. The summed E-state index contributed by atoms with van der Waals surface area (Å²) in [7, 11) is 1.46. The molecule has 0 spiro atoms. The Morgan fingerprint density at radius 3 is 2.82 bits per heavy atom. The number of methoxy groups -OCH3 is 1. The van der Waals surface area contributed by atoms with Gasteiger partial charge in [0.15, 0.2) is 11.6 Å². The normalized spacial score (nSPS) is 12.9. The lowest BCUT2D eigenvalue weighted by Crippen LogP contribution is -2.40. The highest BCUT2D eigenvalue weighted by atomic mass is 16.5. The Morgan fingerprint density at radius 1 is 1.16 bits per heavy atom. The number of amides is 1. The summed E-state index contributed by atoms with van der Waals surface area (Å²) < 4.78 is 6.83. The average molecular weight is 512 g/mol. The quantitative estimate of drug-likeness (QED) is 0.250. The van der Waals surface area contributed by atoms with E-state index in [4.69, 9.17) is 4.74 Å². The summed E-state index contributed by atoms with van der Waals surface area (Å²) in [6.45, 7) is 0.180. The van der Waals surface area contributed by atoms with Crippen LogP contribution in [-0.2, 0) is 24.4 Å². The Bertz CT molecular complexity index is 1680. The highest BCUT2D eigenvalue weighted by Gasteiger charge is 2.31. The van der Waals surface area contributed by atoms with Crippen LogP contribution in [0.2, 0.25) is 0 Å². The van der Waals surface area contributed by atoms with E-state index in [0.717, 1.165) is 17.0 Å². The van der Waals surface area contributed by atoms with Crippen molar-refractivity contribution in [2.75, 3.05) is 13.7 Å². The van der Waals surface area contributed by atoms with Gasteiger partial charge in [0.1, 0.15) is 25.0 Å². The maximum Gasteiger partial charge on any atom is 0.295 e. The number of ether oxygens (including phenoxy) is 1. The van der Waals surface area contributed by atoms with Crippen LogP contribution >= 0.6 is 0 Å². The third-order valence-electron chi connectivity index (χ3n) is 6.41. The minimum Gasteiger partial charge on any atom is -0.494 e. The minimum absolute atomic E-state index is 0.149. The van der Waals surface area contributed by atoms with E-state index in [1.165, 1.54) is 41.7 Å². The molecule has 0 fully saturated rings. The fourth-order valence-electron chi connectivity index (χ4n) is 4.59. The van der Waals surface area contributed by atoms with Gasteiger partial charge in [-0.15, -0.1) is 5.10 Å². The Hall–Kier alpha value is -5.04. The van der Waals surface area contributed by atoms with Crippen LogP contribution in [0.25, 0.3) is 28.1 Å². The molecule has 1 aliphatic rings. The molecule has 38 heavy (non-hydrogen) atoms.